The normalized spacial score (nSPS) is 29.8. The van der Waals surface area contributed by atoms with Crippen LogP contribution in [0.3, 0.4) is 0 Å². The van der Waals surface area contributed by atoms with E-state index in [1.165, 1.54) is 47.9 Å². The summed E-state index contributed by atoms with van der Waals surface area (Å²) >= 11 is 0. The summed E-state index contributed by atoms with van der Waals surface area (Å²) in [6, 6.07) is 4.97. The monoisotopic (exact) mass is 416 g/mol. The zero-order chi connectivity index (χ0) is 21.3. The van der Waals surface area contributed by atoms with Gasteiger partial charge < -0.3 is 9.64 Å². The molecule has 5 aliphatic rings. The molecule has 0 amide bonds. The number of ether oxygens (including phenoxy) is 1. The molecule has 4 heteroatoms. The van der Waals surface area contributed by atoms with Crippen molar-refractivity contribution in [1.82, 2.24) is 4.90 Å². The lowest BCUT2D eigenvalue weighted by molar-refractivity contribution is -0.104. The Kier molecular flexibility index (Phi) is 4.25. The van der Waals surface area contributed by atoms with Gasteiger partial charge in [-0.05, 0) is 106 Å². The molecule has 162 valence electrons. The molecule has 2 unspecified atom stereocenters. The lowest BCUT2D eigenvalue weighted by atomic mass is 9.65. The number of carbonyl (C=O) groups is 1. The number of aliphatic imine (C=N–C) groups is 1. The van der Waals surface area contributed by atoms with Gasteiger partial charge in [-0.1, -0.05) is 6.07 Å². The highest BCUT2D eigenvalue weighted by Crippen LogP contribution is 2.61. The first kappa shape index (κ1) is 19.3. The van der Waals surface area contributed by atoms with Crippen LogP contribution in [-0.2, 0) is 11.2 Å². The maximum Gasteiger partial charge on any atom is 0.152 e. The zero-order valence-electron chi connectivity index (χ0n) is 19.0. The molecular weight excluding hydrogens is 384 g/mol. The number of dihydropyridines is 1. The first-order chi connectivity index (χ1) is 15.1. The molecular formula is C27H32N2O2. The maximum absolute atomic E-state index is 12.5. The van der Waals surface area contributed by atoms with Crippen molar-refractivity contribution < 1.29 is 9.53 Å². The first-order valence-electron chi connectivity index (χ1n) is 12.1. The van der Waals surface area contributed by atoms with Crippen LogP contribution in [0.1, 0.15) is 75.5 Å². The van der Waals surface area contributed by atoms with Crippen molar-refractivity contribution >= 4 is 17.6 Å². The molecule has 3 aliphatic heterocycles. The van der Waals surface area contributed by atoms with E-state index in [9.17, 15) is 4.79 Å². The number of carbonyl (C=O) groups excluding carboxylic acids is 1. The molecule has 6 rings (SSSR count). The van der Waals surface area contributed by atoms with E-state index in [0.717, 1.165) is 55.6 Å². The van der Waals surface area contributed by atoms with Gasteiger partial charge in [-0.2, -0.15) is 0 Å². The van der Waals surface area contributed by atoms with Crippen LogP contribution in [0.5, 0.6) is 5.75 Å². The van der Waals surface area contributed by atoms with Gasteiger partial charge in [-0.25, -0.2) is 0 Å². The molecule has 2 aliphatic carbocycles. The lowest BCUT2D eigenvalue weighted by Crippen LogP contribution is -2.44. The second-order valence-electron chi connectivity index (χ2n) is 10.1. The number of allylic oxidation sites excluding steroid dienone is 2. The number of hydrogen-bond acceptors (Lipinski definition) is 4. The molecule has 1 fully saturated rings. The van der Waals surface area contributed by atoms with Crippen LogP contribution in [-0.4, -0.2) is 35.7 Å². The van der Waals surface area contributed by atoms with Crippen LogP contribution < -0.4 is 4.74 Å². The van der Waals surface area contributed by atoms with Crippen molar-refractivity contribution in [3.8, 4) is 5.75 Å². The predicted octanol–water partition coefficient (Wildman–Crippen LogP) is 5.39. The Hall–Kier alpha value is -2.36. The summed E-state index contributed by atoms with van der Waals surface area (Å²) in [6.07, 6.45) is 10.6. The van der Waals surface area contributed by atoms with Gasteiger partial charge in [0.25, 0.3) is 0 Å². The third-order valence-corrected chi connectivity index (χ3v) is 8.36. The van der Waals surface area contributed by atoms with E-state index in [1.54, 1.807) is 11.3 Å². The molecule has 1 aromatic rings. The van der Waals surface area contributed by atoms with Gasteiger partial charge >= 0.3 is 0 Å². The fraction of sp³-hybridized carbons (Fsp3) is 0.556. The maximum atomic E-state index is 12.5. The fourth-order valence-electron chi connectivity index (χ4n) is 6.72. The summed E-state index contributed by atoms with van der Waals surface area (Å²) in [5.74, 6) is 1.02. The van der Waals surface area contributed by atoms with E-state index in [1.807, 2.05) is 6.92 Å². The van der Waals surface area contributed by atoms with Crippen molar-refractivity contribution in [2.45, 2.75) is 84.3 Å². The van der Waals surface area contributed by atoms with Crippen molar-refractivity contribution in [3.05, 3.63) is 45.7 Å². The number of hydrogen-bond donors (Lipinski definition) is 0. The highest BCUT2D eigenvalue weighted by molar-refractivity contribution is 6.21. The topological polar surface area (TPSA) is 41.9 Å². The summed E-state index contributed by atoms with van der Waals surface area (Å²) in [6.45, 7) is 7.43. The number of rotatable bonds is 3. The van der Waals surface area contributed by atoms with E-state index in [0.29, 0.717) is 6.04 Å². The average Bonchev–Trinajstić information content (AvgIpc) is 3.59. The summed E-state index contributed by atoms with van der Waals surface area (Å²) in [4.78, 5) is 20.4. The quantitative estimate of drug-likeness (QED) is 0.621. The summed E-state index contributed by atoms with van der Waals surface area (Å²) in [7, 11) is 0. The van der Waals surface area contributed by atoms with Crippen LogP contribution in [0.15, 0.2) is 34.0 Å². The Labute approximate surface area is 185 Å². The Morgan fingerprint density at radius 1 is 1.13 bits per heavy atom. The van der Waals surface area contributed by atoms with Crippen molar-refractivity contribution in [2.24, 2.45) is 10.4 Å². The molecule has 0 spiro atoms. The minimum Gasteiger partial charge on any atom is -0.493 e. The molecule has 0 radical (unpaired) electrons. The van der Waals surface area contributed by atoms with Gasteiger partial charge in [0.05, 0.1) is 12.0 Å². The number of benzene rings is 1. The smallest absolute Gasteiger partial charge is 0.152 e. The summed E-state index contributed by atoms with van der Waals surface area (Å²) < 4.78 is 5.95. The van der Waals surface area contributed by atoms with Gasteiger partial charge in [0.15, 0.2) is 6.29 Å². The number of nitrogens with zero attached hydrogens (tertiary/aromatic N) is 2. The highest BCUT2D eigenvalue weighted by Gasteiger charge is 2.57. The predicted molar refractivity (Wildman–Crippen MR) is 123 cm³/mol. The van der Waals surface area contributed by atoms with Crippen LogP contribution in [0, 0.1) is 12.3 Å². The van der Waals surface area contributed by atoms with Crippen molar-refractivity contribution in [1.29, 1.82) is 0 Å². The average molecular weight is 417 g/mol. The molecule has 1 aromatic carbocycles. The number of fused-ring (bicyclic) bond motifs is 3. The minimum atomic E-state index is -0.234. The number of aldehydes is 1. The van der Waals surface area contributed by atoms with E-state index in [-0.39, 0.29) is 11.6 Å². The Bertz CT molecular complexity index is 1070. The van der Waals surface area contributed by atoms with Gasteiger partial charge in [-0.3, -0.25) is 9.79 Å². The Morgan fingerprint density at radius 3 is 2.71 bits per heavy atom. The Balaban J connectivity index is 1.61. The van der Waals surface area contributed by atoms with Crippen molar-refractivity contribution in [3.63, 3.8) is 0 Å². The lowest BCUT2D eigenvalue weighted by Gasteiger charge is -2.42. The standard InChI is InChI=1S/C27H32N2O2/c1-16-19-7-6-14-31-24(19)13-12-20(16)25-21(15-30)17(2)28-26-27(25,3)22-8-4-5-9-23(22)29(26)18-10-11-18/h12-13,15,18,26H,4-11,14H2,1-3H3. The molecule has 0 aromatic heterocycles. The van der Waals surface area contributed by atoms with Crippen LogP contribution in [0.2, 0.25) is 0 Å². The third kappa shape index (κ3) is 2.60. The Morgan fingerprint density at radius 2 is 1.94 bits per heavy atom. The SMILES string of the molecule is CC1=NC2N(C3CC3)C3=C(CCCC3)C2(C)C(c2ccc3c(c2C)CCCO3)=C1C=O. The molecule has 3 heterocycles. The second-order valence-corrected chi connectivity index (χ2v) is 10.1. The fourth-order valence-corrected chi connectivity index (χ4v) is 6.72. The van der Waals surface area contributed by atoms with Gasteiger partial charge in [0.1, 0.15) is 11.9 Å². The van der Waals surface area contributed by atoms with Gasteiger partial charge in [0, 0.05) is 23.0 Å². The first-order valence-corrected chi connectivity index (χ1v) is 12.1. The summed E-state index contributed by atoms with van der Waals surface area (Å²) in [5.41, 5.74) is 9.59. The molecule has 0 saturated heterocycles. The molecule has 1 saturated carbocycles. The van der Waals surface area contributed by atoms with Gasteiger partial charge in [-0.15, -0.1) is 0 Å². The second kappa shape index (κ2) is 6.82. The molecule has 2 atom stereocenters. The van der Waals surface area contributed by atoms with E-state index < -0.39 is 0 Å². The van der Waals surface area contributed by atoms with E-state index >= 15 is 0 Å². The third-order valence-electron chi connectivity index (χ3n) is 8.36. The van der Waals surface area contributed by atoms with E-state index in [4.69, 9.17) is 9.73 Å². The molecule has 0 N–H and O–H groups in total. The molecule has 31 heavy (non-hydrogen) atoms. The molecule has 4 nitrogen and oxygen atoms in total. The van der Waals surface area contributed by atoms with Crippen LogP contribution in [0.4, 0.5) is 0 Å². The largest absolute Gasteiger partial charge is 0.493 e. The van der Waals surface area contributed by atoms with Gasteiger partial charge in [0.2, 0.25) is 0 Å². The van der Waals surface area contributed by atoms with Crippen LogP contribution >= 0.6 is 0 Å². The molecule has 0 bridgehead atoms. The van der Waals surface area contributed by atoms with Crippen molar-refractivity contribution in [2.75, 3.05) is 6.61 Å². The van der Waals surface area contributed by atoms with Crippen LogP contribution in [0.25, 0.3) is 5.57 Å². The summed E-state index contributed by atoms with van der Waals surface area (Å²) in [5, 5.41) is 0. The zero-order valence-corrected chi connectivity index (χ0v) is 19.0. The minimum absolute atomic E-state index is 0.0912. The highest BCUT2D eigenvalue weighted by atomic mass is 16.5. The van der Waals surface area contributed by atoms with E-state index in [2.05, 4.69) is 30.9 Å².